The molecule has 4 heteroatoms. The van der Waals surface area contributed by atoms with Crippen LogP contribution < -0.4 is 0 Å². The molecule has 50 valence electrons. The molecule has 0 aromatic rings. The second kappa shape index (κ2) is 3.83. The Morgan fingerprint density at radius 1 is 1.62 bits per heavy atom. The molecule has 3 nitrogen and oxygen atoms in total. The van der Waals surface area contributed by atoms with Gasteiger partial charge in [-0.1, -0.05) is 11.6 Å². The van der Waals surface area contributed by atoms with Gasteiger partial charge < -0.3 is 10.6 Å². The molecule has 0 aromatic heterocycles. The highest BCUT2D eigenvalue weighted by Crippen LogP contribution is 2.00. The van der Waals surface area contributed by atoms with Gasteiger partial charge in [-0.3, -0.25) is 0 Å². The maximum atomic E-state index is 8.74. The average molecular weight is 140 g/mol. The summed E-state index contributed by atoms with van der Waals surface area (Å²) < 4.78 is 0. The van der Waals surface area contributed by atoms with Crippen LogP contribution in [0.4, 0.5) is 0 Å². The Morgan fingerprint density at radius 3 is 2.00 bits per heavy atom. The van der Waals surface area contributed by atoms with Crippen LogP contribution in [-0.2, 0) is 0 Å². The molecule has 0 amide bonds. The lowest BCUT2D eigenvalue weighted by Crippen LogP contribution is -2.13. The third kappa shape index (κ3) is 9.30. The van der Waals surface area contributed by atoms with E-state index < -0.39 is 5.72 Å². The summed E-state index contributed by atoms with van der Waals surface area (Å²) in [5.41, 5.74) is 0.0434. The van der Waals surface area contributed by atoms with E-state index in [1.165, 1.54) is 0 Å². The van der Waals surface area contributed by atoms with Crippen molar-refractivity contribution in [2.75, 3.05) is 0 Å². The molecular formula is C4H10ClNO2. The minimum Gasteiger partial charge on any atom is -0.412 e. The quantitative estimate of drug-likeness (QED) is 0.517. The van der Waals surface area contributed by atoms with E-state index in [0.717, 1.165) is 5.67 Å². The van der Waals surface area contributed by atoms with Crippen molar-refractivity contribution in [2.24, 2.45) is 4.99 Å². The molecule has 0 aliphatic carbocycles. The van der Waals surface area contributed by atoms with E-state index in [4.69, 9.17) is 16.7 Å². The third-order valence-corrected chi connectivity index (χ3v) is 0.462. The van der Waals surface area contributed by atoms with Gasteiger partial charge in [-0.25, -0.2) is 4.99 Å². The Balaban J connectivity index is 0. The van der Waals surface area contributed by atoms with E-state index in [9.17, 15) is 0 Å². The molecule has 0 saturated carbocycles. The van der Waals surface area contributed by atoms with Crippen LogP contribution in [0.2, 0.25) is 0 Å². The maximum Gasteiger partial charge on any atom is 0.151 e. The smallest absolute Gasteiger partial charge is 0.151 e. The standard InChI is InChI=1S/C4H8ClNO.H2O/c1-4(2,7)6-3-5;/h3,7H,1-2H3;1H2. The Labute approximate surface area is 53.3 Å². The SMILES string of the molecule is CC(C)(O)N=CCl.O. The Hall–Kier alpha value is -0.120. The zero-order valence-electron chi connectivity index (χ0n) is 4.85. The fourth-order valence-corrected chi connectivity index (χ4v) is 0.358. The Bertz CT molecular complexity index is 76.6. The molecule has 0 rings (SSSR count). The van der Waals surface area contributed by atoms with E-state index in [1.54, 1.807) is 13.8 Å². The van der Waals surface area contributed by atoms with Crippen molar-refractivity contribution in [1.82, 2.24) is 0 Å². The average Bonchev–Trinajstić information content (AvgIpc) is 1.30. The summed E-state index contributed by atoms with van der Waals surface area (Å²) in [7, 11) is 0. The lowest BCUT2D eigenvalue weighted by molar-refractivity contribution is 0.0917. The van der Waals surface area contributed by atoms with E-state index >= 15 is 0 Å². The van der Waals surface area contributed by atoms with Crippen LogP contribution in [0, 0.1) is 0 Å². The third-order valence-electron chi connectivity index (χ3n) is 0.365. The molecule has 0 unspecified atom stereocenters. The first-order valence-electron chi connectivity index (χ1n) is 1.92. The summed E-state index contributed by atoms with van der Waals surface area (Å²) >= 11 is 5.03. The van der Waals surface area contributed by atoms with Crippen molar-refractivity contribution in [3.8, 4) is 0 Å². The molecule has 0 radical (unpaired) electrons. The van der Waals surface area contributed by atoms with Gasteiger partial charge in [-0.05, 0) is 13.8 Å². The summed E-state index contributed by atoms with van der Waals surface area (Å²) in [4.78, 5) is 3.45. The summed E-state index contributed by atoms with van der Waals surface area (Å²) in [5, 5.41) is 8.74. The van der Waals surface area contributed by atoms with Crippen molar-refractivity contribution < 1.29 is 10.6 Å². The molecule has 0 heterocycles. The van der Waals surface area contributed by atoms with Crippen molar-refractivity contribution in [1.29, 1.82) is 0 Å². The first-order chi connectivity index (χ1) is 3.06. The normalized spacial score (nSPS) is 11.5. The van der Waals surface area contributed by atoms with Gasteiger partial charge in [0.1, 0.15) is 0 Å². The molecular weight excluding hydrogens is 130 g/mol. The summed E-state index contributed by atoms with van der Waals surface area (Å²) in [5.74, 6) is 0. The van der Waals surface area contributed by atoms with Gasteiger partial charge in [0.15, 0.2) is 5.72 Å². The van der Waals surface area contributed by atoms with Gasteiger partial charge in [0.05, 0.1) is 5.67 Å². The maximum absolute atomic E-state index is 8.74. The first-order valence-corrected chi connectivity index (χ1v) is 2.36. The number of halogens is 1. The second-order valence-electron chi connectivity index (χ2n) is 1.72. The number of rotatable bonds is 1. The van der Waals surface area contributed by atoms with Crippen molar-refractivity contribution >= 4 is 17.3 Å². The zero-order chi connectivity index (χ0) is 5.91. The van der Waals surface area contributed by atoms with E-state index in [2.05, 4.69) is 4.99 Å². The molecule has 0 saturated heterocycles. The van der Waals surface area contributed by atoms with E-state index in [0.29, 0.717) is 0 Å². The predicted octanol–water partition coefficient (Wildman–Crippen LogP) is 0.157. The highest BCUT2D eigenvalue weighted by molar-refractivity contribution is 6.56. The molecule has 0 aromatic carbocycles. The molecule has 0 aliphatic heterocycles. The van der Waals surface area contributed by atoms with Gasteiger partial charge in [-0.15, -0.1) is 0 Å². The van der Waals surface area contributed by atoms with Gasteiger partial charge in [0, 0.05) is 0 Å². The van der Waals surface area contributed by atoms with Crippen LogP contribution in [0.5, 0.6) is 0 Å². The molecule has 0 spiro atoms. The Morgan fingerprint density at radius 2 is 2.00 bits per heavy atom. The molecule has 0 atom stereocenters. The van der Waals surface area contributed by atoms with Crippen molar-refractivity contribution in [3.05, 3.63) is 0 Å². The largest absolute Gasteiger partial charge is 0.412 e. The topological polar surface area (TPSA) is 64.1 Å². The molecule has 0 aliphatic rings. The predicted molar refractivity (Wildman–Crippen MR) is 34.3 cm³/mol. The summed E-state index contributed by atoms with van der Waals surface area (Å²) in [6, 6.07) is 0. The fourth-order valence-electron chi connectivity index (χ4n) is 0.119. The lowest BCUT2D eigenvalue weighted by atomic mass is 10.3. The van der Waals surface area contributed by atoms with E-state index in [-0.39, 0.29) is 5.48 Å². The van der Waals surface area contributed by atoms with Crippen LogP contribution in [0.3, 0.4) is 0 Å². The molecule has 3 N–H and O–H groups in total. The van der Waals surface area contributed by atoms with Gasteiger partial charge in [-0.2, -0.15) is 0 Å². The number of nitrogens with zero attached hydrogens (tertiary/aromatic N) is 1. The van der Waals surface area contributed by atoms with Crippen molar-refractivity contribution in [2.45, 2.75) is 19.6 Å². The number of aliphatic imine (C=N–C) groups is 1. The highest BCUT2D eigenvalue weighted by Gasteiger charge is 2.05. The first kappa shape index (κ1) is 10.8. The minimum absolute atomic E-state index is 0. The zero-order valence-corrected chi connectivity index (χ0v) is 5.61. The minimum atomic E-state index is -1.01. The van der Waals surface area contributed by atoms with Crippen LogP contribution >= 0.6 is 11.6 Å². The lowest BCUT2D eigenvalue weighted by Gasteiger charge is -2.07. The number of aliphatic hydroxyl groups is 1. The Kier molecular flexibility index (Phi) is 5.17. The van der Waals surface area contributed by atoms with Crippen molar-refractivity contribution in [3.63, 3.8) is 0 Å². The van der Waals surface area contributed by atoms with Gasteiger partial charge >= 0.3 is 0 Å². The molecule has 0 bridgehead atoms. The number of hydrogen-bond donors (Lipinski definition) is 1. The fraction of sp³-hybridized carbons (Fsp3) is 0.750. The van der Waals surface area contributed by atoms with Gasteiger partial charge in [0.2, 0.25) is 0 Å². The number of hydrogen-bond acceptors (Lipinski definition) is 2. The van der Waals surface area contributed by atoms with Gasteiger partial charge in [0.25, 0.3) is 0 Å². The molecule has 0 fully saturated rings. The van der Waals surface area contributed by atoms with Crippen LogP contribution in [-0.4, -0.2) is 22.0 Å². The highest BCUT2D eigenvalue weighted by atomic mass is 35.5. The monoisotopic (exact) mass is 139 g/mol. The summed E-state index contributed by atoms with van der Waals surface area (Å²) in [6.45, 7) is 3.10. The van der Waals surface area contributed by atoms with Crippen LogP contribution in [0.15, 0.2) is 4.99 Å². The van der Waals surface area contributed by atoms with Crippen LogP contribution in [0.1, 0.15) is 13.8 Å². The second-order valence-corrected chi connectivity index (χ2v) is 1.92. The van der Waals surface area contributed by atoms with E-state index in [1.807, 2.05) is 0 Å². The summed E-state index contributed by atoms with van der Waals surface area (Å²) in [6.07, 6.45) is 0. The molecule has 8 heavy (non-hydrogen) atoms. The van der Waals surface area contributed by atoms with Crippen LogP contribution in [0.25, 0.3) is 0 Å².